The van der Waals surface area contributed by atoms with Crippen LogP contribution in [0.4, 0.5) is 0 Å². The summed E-state index contributed by atoms with van der Waals surface area (Å²) in [5.74, 6) is 0. The molecule has 2 aromatic rings. The van der Waals surface area contributed by atoms with E-state index in [-0.39, 0.29) is 0 Å². The Morgan fingerprint density at radius 2 is 2.00 bits per heavy atom. The van der Waals surface area contributed by atoms with Gasteiger partial charge in [-0.1, -0.05) is 6.07 Å². The van der Waals surface area contributed by atoms with Crippen molar-refractivity contribution in [2.45, 2.75) is 33.0 Å². The van der Waals surface area contributed by atoms with Crippen molar-refractivity contribution in [1.82, 2.24) is 4.90 Å². The molecule has 0 atom stereocenters. The summed E-state index contributed by atoms with van der Waals surface area (Å²) in [6.45, 7) is 6.60. The van der Waals surface area contributed by atoms with Crippen LogP contribution in [0, 0.1) is 0 Å². The molecule has 0 aliphatic rings. The first kappa shape index (κ1) is 13.3. The first-order valence-corrected chi connectivity index (χ1v) is 8.19. The van der Waals surface area contributed by atoms with E-state index >= 15 is 0 Å². The van der Waals surface area contributed by atoms with Gasteiger partial charge in [0.2, 0.25) is 0 Å². The van der Waals surface area contributed by atoms with Crippen LogP contribution in [0.25, 0.3) is 0 Å². The van der Waals surface area contributed by atoms with E-state index < -0.39 is 0 Å². The van der Waals surface area contributed by atoms with E-state index in [2.05, 4.69) is 63.6 Å². The van der Waals surface area contributed by atoms with Crippen LogP contribution in [-0.4, -0.2) is 10.9 Å². The van der Waals surface area contributed by atoms with Crippen molar-refractivity contribution in [3.8, 4) is 0 Å². The Hall–Kier alpha value is -0.160. The number of rotatable bonds is 5. The van der Waals surface area contributed by atoms with Crippen LogP contribution in [0.2, 0.25) is 0 Å². The molecule has 0 bridgehead atoms. The molecule has 2 rings (SSSR count). The molecule has 92 valence electrons. The minimum atomic E-state index is 0.568. The Morgan fingerprint density at radius 3 is 2.53 bits per heavy atom. The van der Waals surface area contributed by atoms with Crippen molar-refractivity contribution >= 4 is 38.6 Å². The lowest BCUT2D eigenvalue weighted by atomic mass is 10.3. The molecule has 0 unspecified atom stereocenters. The summed E-state index contributed by atoms with van der Waals surface area (Å²) < 4.78 is 1.19. The molecule has 0 N–H and O–H groups in total. The molecule has 0 saturated heterocycles. The maximum atomic E-state index is 3.51. The van der Waals surface area contributed by atoms with Crippen LogP contribution in [0.3, 0.4) is 0 Å². The largest absolute Gasteiger partial charge is 0.291 e. The van der Waals surface area contributed by atoms with Gasteiger partial charge in [-0.2, -0.15) is 0 Å². The van der Waals surface area contributed by atoms with Gasteiger partial charge in [-0.3, -0.25) is 4.90 Å². The number of halogens is 1. The van der Waals surface area contributed by atoms with Crippen molar-refractivity contribution in [1.29, 1.82) is 0 Å². The average Bonchev–Trinajstić information content (AvgIpc) is 2.89. The third-order valence-electron chi connectivity index (χ3n) is 2.65. The number of hydrogen-bond donors (Lipinski definition) is 0. The van der Waals surface area contributed by atoms with Gasteiger partial charge in [-0.25, -0.2) is 0 Å². The van der Waals surface area contributed by atoms with E-state index in [4.69, 9.17) is 0 Å². The third-order valence-corrected chi connectivity index (χ3v) is 5.19. The lowest BCUT2D eigenvalue weighted by Crippen LogP contribution is -2.29. The molecule has 4 heteroatoms. The zero-order valence-corrected chi connectivity index (χ0v) is 13.2. The summed E-state index contributed by atoms with van der Waals surface area (Å²) in [7, 11) is 0. The minimum Gasteiger partial charge on any atom is -0.291 e. The van der Waals surface area contributed by atoms with Gasteiger partial charge in [-0.15, -0.1) is 22.7 Å². The van der Waals surface area contributed by atoms with Gasteiger partial charge in [-0.05, 0) is 47.3 Å². The van der Waals surface area contributed by atoms with Crippen LogP contribution >= 0.6 is 38.6 Å². The predicted molar refractivity (Wildman–Crippen MR) is 80.7 cm³/mol. The maximum Gasteiger partial charge on any atom is 0.0334 e. The third kappa shape index (κ3) is 3.91. The van der Waals surface area contributed by atoms with Crippen LogP contribution in [0.15, 0.2) is 33.4 Å². The predicted octanol–water partition coefficient (Wildman–Crippen LogP) is 4.98. The van der Waals surface area contributed by atoms with Gasteiger partial charge in [0.15, 0.2) is 0 Å². The molecule has 1 nitrogen and oxygen atoms in total. The van der Waals surface area contributed by atoms with Crippen molar-refractivity contribution < 1.29 is 0 Å². The molecule has 0 aliphatic heterocycles. The Morgan fingerprint density at radius 1 is 1.24 bits per heavy atom. The summed E-state index contributed by atoms with van der Waals surface area (Å²) >= 11 is 7.17. The summed E-state index contributed by atoms with van der Waals surface area (Å²) in [5.41, 5.74) is 0. The van der Waals surface area contributed by atoms with Crippen molar-refractivity contribution in [3.63, 3.8) is 0 Å². The Bertz CT molecular complexity index is 448. The fourth-order valence-electron chi connectivity index (χ4n) is 1.66. The maximum absolute atomic E-state index is 3.51. The lowest BCUT2D eigenvalue weighted by molar-refractivity contribution is 0.207. The molecule has 0 fully saturated rings. The van der Waals surface area contributed by atoms with Gasteiger partial charge in [0, 0.05) is 38.7 Å². The van der Waals surface area contributed by atoms with Crippen LogP contribution in [0.1, 0.15) is 23.6 Å². The SMILES string of the molecule is CC(C)N(Cc1cccs1)Cc1cc(Br)cs1. The molecule has 0 aromatic carbocycles. The monoisotopic (exact) mass is 329 g/mol. The smallest absolute Gasteiger partial charge is 0.0334 e. The fourth-order valence-corrected chi connectivity index (χ4v) is 3.87. The highest BCUT2D eigenvalue weighted by molar-refractivity contribution is 9.10. The molecule has 17 heavy (non-hydrogen) atoms. The van der Waals surface area contributed by atoms with Crippen molar-refractivity contribution in [2.24, 2.45) is 0 Å². The van der Waals surface area contributed by atoms with Gasteiger partial charge >= 0.3 is 0 Å². The van der Waals surface area contributed by atoms with E-state index in [1.54, 1.807) is 0 Å². The fraction of sp³-hybridized carbons (Fsp3) is 0.385. The summed E-state index contributed by atoms with van der Waals surface area (Å²) in [5, 5.41) is 4.30. The summed E-state index contributed by atoms with van der Waals surface area (Å²) in [6, 6.07) is 7.12. The van der Waals surface area contributed by atoms with E-state index in [9.17, 15) is 0 Å². The molecular formula is C13H16BrNS2. The van der Waals surface area contributed by atoms with Gasteiger partial charge in [0.25, 0.3) is 0 Å². The molecular weight excluding hydrogens is 314 g/mol. The molecule has 0 saturated carbocycles. The molecule has 2 aromatic heterocycles. The van der Waals surface area contributed by atoms with Crippen LogP contribution < -0.4 is 0 Å². The van der Waals surface area contributed by atoms with E-state index in [0.29, 0.717) is 6.04 Å². The average molecular weight is 330 g/mol. The molecule has 0 aliphatic carbocycles. The number of hydrogen-bond acceptors (Lipinski definition) is 3. The van der Waals surface area contributed by atoms with Gasteiger partial charge < -0.3 is 0 Å². The van der Waals surface area contributed by atoms with Crippen molar-refractivity contribution in [2.75, 3.05) is 0 Å². The lowest BCUT2D eigenvalue weighted by Gasteiger charge is -2.25. The van der Waals surface area contributed by atoms with Crippen LogP contribution in [0.5, 0.6) is 0 Å². The Labute approximate surface area is 119 Å². The zero-order chi connectivity index (χ0) is 12.3. The topological polar surface area (TPSA) is 3.24 Å². The summed E-state index contributed by atoms with van der Waals surface area (Å²) in [4.78, 5) is 5.36. The zero-order valence-electron chi connectivity index (χ0n) is 10.0. The number of nitrogens with zero attached hydrogens (tertiary/aromatic N) is 1. The quantitative estimate of drug-likeness (QED) is 0.747. The number of thiophene rings is 2. The van der Waals surface area contributed by atoms with E-state index in [1.807, 2.05) is 22.7 Å². The Kier molecular flexibility index (Phi) is 4.79. The van der Waals surface area contributed by atoms with E-state index in [0.717, 1.165) is 13.1 Å². The standard InChI is InChI=1S/C13H16BrNS2/c1-10(2)15(7-12-4-3-5-16-12)8-13-6-11(14)9-17-13/h3-6,9-10H,7-8H2,1-2H3. The highest BCUT2D eigenvalue weighted by Crippen LogP contribution is 2.23. The second-order valence-electron chi connectivity index (χ2n) is 4.31. The molecule has 2 heterocycles. The van der Waals surface area contributed by atoms with Gasteiger partial charge in [0.1, 0.15) is 0 Å². The first-order chi connectivity index (χ1) is 8.15. The first-order valence-electron chi connectivity index (χ1n) is 5.64. The molecule has 0 spiro atoms. The second-order valence-corrected chi connectivity index (χ2v) is 7.25. The second kappa shape index (κ2) is 6.14. The van der Waals surface area contributed by atoms with Crippen molar-refractivity contribution in [3.05, 3.63) is 43.2 Å². The molecule has 0 amide bonds. The van der Waals surface area contributed by atoms with E-state index in [1.165, 1.54) is 14.2 Å². The van der Waals surface area contributed by atoms with Crippen LogP contribution in [-0.2, 0) is 13.1 Å². The Balaban J connectivity index is 2.02. The minimum absolute atomic E-state index is 0.568. The normalized spacial score (nSPS) is 11.6. The van der Waals surface area contributed by atoms with Gasteiger partial charge in [0.05, 0.1) is 0 Å². The highest BCUT2D eigenvalue weighted by atomic mass is 79.9. The molecule has 0 radical (unpaired) electrons. The highest BCUT2D eigenvalue weighted by Gasteiger charge is 2.12. The summed E-state index contributed by atoms with van der Waals surface area (Å²) in [6.07, 6.45) is 0.